The quantitative estimate of drug-likeness (QED) is 0.669. The van der Waals surface area contributed by atoms with Gasteiger partial charge >= 0.3 is 0 Å². The zero-order valence-electron chi connectivity index (χ0n) is 8.80. The molecule has 1 heterocycles. The van der Waals surface area contributed by atoms with Crippen LogP contribution in [0.1, 0.15) is 19.3 Å². The van der Waals surface area contributed by atoms with Crippen LogP contribution in [-0.4, -0.2) is 55.0 Å². The zero-order chi connectivity index (χ0) is 11.3. The molecule has 1 aliphatic heterocycles. The van der Waals surface area contributed by atoms with E-state index in [9.17, 15) is 8.42 Å². The molecular formula is C9H19NO4S. The van der Waals surface area contributed by atoms with Crippen LogP contribution in [0.5, 0.6) is 0 Å². The zero-order valence-corrected chi connectivity index (χ0v) is 9.62. The normalized spacial score (nSPS) is 24.3. The predicted octanol–water partition coefficient (Wildman–Crippen LogP) is -0.597. The van der Waals surface area contributed by atoms with Crippen LogP contribution in [0.25, 0.3) is 0 Å². The molecule has 0 aromatic heterocycles. The molecule has 2 N–H and O–H groups in total. The molecule has 1 fully saturated rings. The Morgan fingerprint density at radius 3 is 2.60 bits per heavy atom. The van der Waals surface area contributed by atoms with Gasteiger partial charge in [-0.15, -0.1) is 0 Å². The van der Waals surface area contributed by atoms with Crippen LogP contribution >= 0.6 is 0 Å². The molecule has 0 spiro atoms. The topological polar surface area (TPSA) is 77.8 Å². The lowest BCUT2D eigenvalue weighted by atomic mass is 9.97. The summed E-state index contributed by atoms with van der Waals surface area (Å²) in [6.45, 7) is 0.815. The molecule has 5 nitrogen and oxygen atoms in total. The van der Waals surface area contributed by atoms with Crippen LogP contribution in [0, 0.1) is 5.92 Å². The first kappa shape index (κ1) is 12.9. The number of nitrogens with zero attached hydrogens (tertiary/aromatic N) is 1. The number of aliphatic hydroxyl groups is 2. The monoisotopic (exact) mass is 237 g/mol. The number of rotatable bonds is 5. The fraction of sp³-hybridized carbons (Fsp3) is 1.00. The van der Waals surface area contributed by atoms with Gasteiger partial charge in [-0.2, -0.15) is 0 Å². The summed E-state index contributed by atoms with van der Waals surface area (Å²) in [5.41, 5.74) is 0. The van der Waals surface area contributed by atoms with Crippen molar-refractivity contribution in [3.8, 4) is 0 Å². The van der Waals surface area contributed by atoms with Crippen molar-refractivity contribution in [2.45, 2.75) is 19.3 Å². The van der Waals surface area contributed by atoms with Crippen molar-refractivity contribution >= 4 is 10.0 Å². The molecule has 1 unspecified atom stereocenters. The molecule has 0 aliphatic carbocycles. The van der Waals surface area contributed by atoms with Gasteiger partial charge in [-0.25, -0.2) is 12.7 Å². The molecule has 15 heavy (non-hydrogen) atoms. The van der Waals surface area contributed by atoms with Crippen LogP contribution in [0.3, 0.4) is 0 Å². The summed E-state index contributed by atoms with van der Waals surface area (Å²) in [6.07, 6.45) is 2.48. The van der Waals surface area contributed by atoms with Crippen molar-refractivity contribution in [2.75, 3.05) is 32.1 Å². The molecule has 1 rings (SSSR count). The van der Waals surface area contributed by atoms with Crippen molar-refractivity contribution in [1.82, 2.24) is 4.31 Å². The van der Waals surface area contributed by atoms with E-state index in [1.54, 1.807) is 0 Å². The van der Waals surface area contributed by atoms with Gasteiger partial charge in [0.25, 0.3) is 0 Å². The second kappa shape index (κ2) is 5.79. The molecule has 0 aromatic rings. The summed E-state index contributed by atoms with van der Waals surface area (Å²) in [5.74, 6) is 0.0657. The summed E-state index contributed by atoms with van der Waals surface area (Å²) in [6, 6.07) is 0. The number of hydrogen-bond donors (Lipinski definition) is 2. The Morgan fingerprint density at radius 1 is 1.27 bits per heavy atom. The van der Waals surface area contributed by atoms with Crippen molar-refractivity contribution in [3.05, 3.63) is 0 Å². The summed E-state index contributed by atoms with van der Waals surface area (Å²) < 4.78 is 24.7. The van der Waals surface area contributed by atoms with E-state index in [1.165, 1.54) is 4.31 Å². The Morgan fingerprint density at radius 2 is 2.00 bits per heavy atom. The van der Waals surface area contributed by atoms with E-state index in [0.29, 0.717) is 19.5 Å². The first-order chi connectivity index (χ1) is 7.10. The van der Waals surface area contributed by atoms with Gasteiger partial charge in [-0.1, -0.05) is 0 Å². The summed E-state index contributed by atoms with van der Waals surface area (Å²) in [7, 11) is -3.28. The standard InChI is InChI=1S/C9H19NO4S/c11-5-3-9-2-1-4-10(8-9)15(13,14)7-6-12/h9,11-12H,1-8H2. The SMILES string of the molecule is O=S(=O)(CCO)N1CCCC(CCO)C1. The van der Waals surface area contributed by atoms with Gasteiger partial charge in [-0.3, -0.25) is 0 Å². The summed E-state index contributed by atoms with van der Waals surface area (Å²) in [5, 5.41) is 17.5. The minimum atomic E-state index is -3.28. The second-order valence-electron chi connectivity index (χ2n) is 3.92. The smallest absolute Gasteiger partial charge is 0.216 e. The molecule has 0 aromatic carbocycles. The Kier molecular flexibility index (Phi) is 4.98. The van der Waals surface area contributed by atoms with E-state index >= 15 is 0 Å². The molecule has 0 saturated carbocycles. The molecule has 0 amide bonds. The van der Waals surface area contributed by atoms with Crippen molar-refractivity contribution in [3.63, 3.8) is 0 Å². The Bertz CT molecular complexity index is 276. The Labute approximate surface area is 90.8 Å². The van der Waals surface area contributed by atoms with Gasteiger partial charge < -0.3 is 10.2 Å². The van der Waals surface area contributed by atoms with E-state index in [4.69, 9.17) is 10.2 Å². The molecular weight excluding hydrogens is 218 g/mol. The average Bonchev–Trinajstić information content (AvgIpc) is 2.19. The van der Waals surface area contributed by atoms with Crippen LogP contribution in [0.4, 0.5) is 0 Å². The second-order valence-corrected chi connectivity index (χ2v) is 6.01. The van der Waals surface area contributed by atoms with Gasteiger partial charge in [0.05, 0.1) is 12.4 Å². The lowest BCUT2D eigenvalue weighted by Crippen LogP contribution is -2.41. The minimum Gasteiger partial charge on any atom is -0.396 e. The van der Waals surface area contributed by atoms with Gasteiger partial charge in [0.2, 0.25) is 10.0 Å². The summed E-state index contributed by atoms with van der Waals surface area (Å²) in [4.78, 5) is 0. The van der Waals surface area contributed by atoms with E-state index in [1.807, 2.05) is 0 Å². The number of aliphatic hydroxyl groups excluding tert-OH is 2. The fourth-order valence-electron chi connectivity index (χ4n) is 1.94. The third-order valence-electron chi connectivity index (χ3n) is 2.76. The average molecular weight is 237 g/mol. The Balaban J connectivity index is 2.55. The molecule has 1 aliphatic rings. The fourth-order valence-corrected chi connectivity index (χ4v) is 3.28. The Hall–Kier alpha value is -0.170. The van der Waals surface area contributed by atoms with Crippen molar-refractivity contribution in [1.29, 1.82) is 0 Å². The third kappa shape index (κ3) is 3.71. The molecule has 6 heteroatoms. The predicted molar refractivity (Wildman–Crippen MR) is 56.9 cm³/mol. The van der Waals surface area contributed by atoms with Gasteiger partial charge in [0.1, 0.15) is 0 Å². The number of sulfonamides is 1. The summed E-state index contributed by atoms with van der Waals surface area (Å²) >= 11 is 0. The molecule has 0 radical (unpaired) electrons. The van der Waals surface area contributed by atoms with Crippen molar-refractivity contribution in [2.24, 2.45) is 5.92 Å². The highest BCUT2D eigenvalue weighted by molar-refractivity contribution is 7.89. The van der Waals surface area contributed by atoms with Crippen molar-refractivity contribution < 1.29 is 18.6 Å². The van der Waals surface area contributed by atoms with Crippen LogP contribution in [0.2, 0.25) is 0 Å². The maximum Gasteiger partial charge on any atom is 0.216 e. The maximum absolute atomic E-state index is 11.6. The largest absolute Gasteiger partial charge is 0.396 e. The molecule has 90 valence electrons. The van der Waals surface area contributed by atoms with E-state index < -0.39 is 10.0 Å². The first-order valence-corrected chi connectivity index (χ1v) is 6.90. The first-order valence-electron chi connectivity index (χ1n) is 5.29. The molecule has 1 atom stereocenters. The van der Waals surface area contributed by atoms with E-state index in [-0.39, 0.29) is 24.9 Å². The van der Waals surface area contributed by atoms with Crippen LogP contribution in [-0.2, 0) is 10.0 Å². The van der Waals surface area contributed by atoms with Gasteiger partial charge in [0, 0.05) is 19.7 Å². The third-order valence-corrected chi connectivity index (χ3v) is 4.58. The van der Waals surface area contributed by atoms with Gasteiger partial charge in [-0.05, 0) is 25.2 Å². The molecule has 1 saturated heterocycles. The minimum absolute atomic E-state index is 0.110. The van der Waals surface area contributed by atoms with E-state index in [0.717, 1.165) is 12.8 Å². The lowest BCUT2D eigenvalue weighted by molar-refractivity contribution is 0.202. The van der Waals surface area contributed by atoms with Crippen LogP contribution < -0.4 is 0 Å². The maximum atomic E-state index is 11.6. The number of piperidine rings is 1. The lowest BCUT2D eigenvalue weighted by Gasteiger charge is -2.31. The molecule has 0 bridgehead atoms. The van der Waals surface area contributed by atoms with E-state index in [2.05, 4.69) is 0 Å². The highest BCUT2D eigenvalue weighted by Crippen LogP contribution is 2.21. The highest BCUT2D eigenvalue weighted by Gasteiger charge is 2.27. The van der Waals surface area contributed by atoms with Crippen LogP contribution in [0.15, 0.2) is 0 Å². The number of hydrogen-bond acceptors (Lipinski definition) is 4. The highest BCUT2D eigenvalue weighted by atomic mass is 32.2. The van der Waals surface area contributed by atoms with Gasteiger partial charge in [0.15, 0.2) is 0 Å².